The predicted octanol–water partition coefficient (Wildman–Crippen LogP) is 4.86. The van der Waals surface area contributed by atoms with Crippen molar-refractivity contribution in [3.05, 3.63) is 84.9 Å². The second-order valence-electron chi connectivity index (χ2n) is 5.86. The van der Waals surface area contributed by atoms with Crippen molar-refractivity contribution in [2.24, 2.45) is 0 Å². The van der Waals surface area contributed by atoms with Crippen molar-refractivity contribution in [2.75, 3.05) is 0 Å². The summed E-state index contributed by atoms with van der Waals surface area (Å²) in [4.78, 5) is 11.7. The monoisotopic (exact) mass is 344 g/mol. The average Bonchev–Trinajstić information content (AvgIpc) is 2.68. The van der Waals surface area contributed by atoms with E-state index in [1.54, 1.807) is 12.1 Å². The van der Waals surface area contributed by atoms with Gasteiger partial charge in [0.15, 0.2) is 0 Å². The summed E-state index contributed by atoms with van der Waals surface area (Å²) in [5.41, 5.74) is 0. The van der Waals surface area contributed by atoms with E-state index in [9.17, 15) is 9.90 Å². The van der Waals surface area contributed by atoms with Gasteiger partial charge in [0.05, 0.1) is 0 Å². The molecule has 128 valence electrons. The van der Waals surface area contributed by atoms with Crippen molar-refractivity contribution >= 4 is 27.5 Å². The van der Waals surface area contributed by atoms with Gasteiger partial charge in [-0.2, -0.15) is 0 Å². The first-order chi connectivity index (χ1) is 12.7. The van der Waals surface area contributed by atoms with Crippen LogP contribution in [0.15, 0.2) is 84.9 Å². The summed E-state index contributed by atoms with van der Waals surface area (Å²) in [6.45, 7) is 0. The number of carboxylic acids is 1. The van der Waals surface area contributed by atoms with Gasteiger partial charge in [-0.05, 0) is 22.9 Å². The minimum Gasteiger partial charge on any atom is -0.476 e. The Morgan fingerprint density at radius 3 is 1.54 bits per heavy atom. The Bertz CT molecular complexity index is 996. The average molecular weight is 344 g/mol. The van der Waals surface area contributed by atoms with E-state index in [-0.39, 0.29) is 0 Å². The van der Waals surface area contributed by atoms with E-state index in [0.29, 0.717) is 11.5 Å². The van der Waals surface area contributed by atoms with Crippen LogP contribution in [-0.4, -0.2) is 17.4 Å². The molecule has 0 unspecified atom stereocenters. The first kappa shape index (κ1) is 16.0. The van der Waals surface area contributed by atoms with Gasteiger partial charge in [0, 0.05) is 10.8 Å². The molecule has 0 saturated heterocycles. The zero-order valence-corrected chi connectivity index (χ0v) is 13.8. The molecule has 0 aliphatic rings. The van der Waals surface area contributed by atoms with E-state index >= 15 is 0 Å². The Morgan fingerprint density at radius 1 is 0.654 bits per heavy atom. The van der Waals surface area contributed by atoms with Gasteiger partial charge < -0.3 is 14.6 Å². The summed E-state index contributed by atoms with van der Waals surface area (Å²) in [5.74, 6) is -0.252. The highest BCUT2D eigenvalue weighted by molar-refractivity contribution is 5.89. The highest BCUT2D eigenvalue weighted by atomic mass is 16.7. The van der Waals surface area contributed by atoms with Crippen molar-refractivity contribution in [3.8, 4) is 11.5 Å². The number of hydrogen-bond acceptors (Lipinski definition) is 3. The molecule has 0 heterocycles. The summed E-state index contributed by atoms with van der Waals surface area (Å²) in [6.07, 6.45) is -1.45. The first-order valence-electron chi connectivity index (χ1n) is 8.24. The van der Waals surface area contributed by atoms with E-state index < -0.39 is 12.3 Å². The maximum absolute atomic E-state index is 11.7. The number of fused-ring (bicyclic) bond motifs is 2. The lowest BCUT2D eigenvalue weighted by atomic mass is 10.1. The van der Waals surface area contributed by atoms with Gasteiger partial charge >= 0.3 is 12.3 Å². The zero-order chi connectivity index (χ0) is 17.9. The minimum atomic E-state index is -1.45. The fraction of sp³-hybridized carbons (Fsp3) is 0.0455. The molecule has 0 atom stereocenters. The Kier molecular flexibility index (Phi) is 4.15. The highest BCUT2D eigenvalue weighted by Gasteiger charge is 2.23. The molecule has 0 radical (unpaired) electrons. The third-order valence-electron chi connectivity index (χ3n) is 4.17. The van der Waals surface area contributed by atoms with E-state index in [1.807, 2.05) is 72.8 Å². The maximum atomic E-state index is 11.7. The van der Waals surface area contributed by atoms with Crippen LogP contribution in [0, 0.1) is 0 Å². The highest BCUT2D eigenvalue weighted by Crippen LogP contribution is 2.29. The van der Waals surface area contributed by atoms with Crippen molar-refractivity contribution in [2.45, 2.75) is 6.29 Å². The number of ether oxygens (including phenoxy) is 2. The molecule has 4 aromatic rings. The smallest absolute Gasteiger partial charge is 0.387 e. The Balaban J connectivity index is 1.69. The fourth-order valence-electron chi connectivity index (χ4n) is 2.95. The Labute approximate surface area is 150 Å². The molecule has 4 nitrogen and oxygen atoms in total. The van der Waals surface area contributed by atoms with Crippen molar-refractivity contribution < 1.29 is 19.4 Å². The summed E-state index contributed by atoms with van der Waals surface area (Å²) in [7, 11) is 0. The standard InChI is InChI=1S/C22H16O4/c23-21(24)22(25-19-13-5-9-15-7-1-3-11-17(15)19)26-20-14-6-10-16-8-2-4-12-18(16)20/h1-14,22H,(H,23,24). The summed E-state index contributed by atoms with van der Waals surface area (Å²) in [6, 6.07) is 26.3. The van der Waals surface area contributed by atoms with Crippen LogP contribution in [0.3, 0.4) is 0 Å². The van der Waals surface area contributed by atoms with Crippen molar-refractivity contribution in [3.63, 3.8) is 0 Å². The lowest BCUT2D eigenvalue weighted by molar-refractivity contribution is -0.158. The zero-order valence-electron chi connectivity index (χ0n) is 13.8. The van der Waals surface area contributed by atoms with Crippen LogP contribution >= 0.6 is 0 Å². The van der Waals surface area contributed by atoms with Crippen molar-refractivity contribution in [1.82, 2.24) is 0 Å². The normalized spacial score (nSPS) is 11.0. The molecule has 1 N–H and O–H groups in total. The van der Waals surface area contributed by atoms with Crippen molar-refractivity contribution in [1.29, 1.82) is 0 Å². The summed E-state index contributed by atoms with van der Waals surface area (Å²) >= 11 is 0. The largest absolute Gasteiger partial charge is 0.476 e. The summed E-state index contributed by atoms with van der Waals surface area (Å²) in [5, 5.41) is 13.2. The quantitative estimate of drug-likeness (QED) is 0.525. The number of carboxylic acid groups (broad SMARTS) is 1. The van der Waals surface area contributed by atoms with Crippen LogP contribution in [0.4, 0.5) is 0 Å². The molecule has 4 aromatic carbocycles. The lowest BCUT2D eigenvalue weighted by Crippen LogP contribution is -2.33. The molecule has 0 fully saturated rings. The molecule has 4 heteroatoms. The fourth-order valence-corrected chi connectivity index (χ4v) is 2.95. The van der Waals surface area contributed by atoms with Gasteiger partial charge in [0.2, 0.25) is 0 Å². The van der Waals surface area contributed by atoms with Gasteiger partial charge in [0.25, 0.3) is 0 Å². The molecule has 4 rings (SSSR count). The predicted molar refractivity (Wildman–Crippen MR) is 101 cm³/mol. The second-order valence-corrected chi connectivity index (χ2v) is 5.86. The van der Waals surface area contributed by atoms with E-state index in [1.165, 1.54) is 0 Å². The number of benzene rings is 4. The second kappa shape index (κ2) is 6.76. The van der Waals surface area contributed by atoms with Gasteiger partial charge in [-0.25, -0.2) is 4.79 Å². The topological polar surface area (TPSA) is 55.8 Å². The molecular weight excluding hydrogens is 328 g/mol. The molecule has 0 aliphatic heterocycles. The summed E-state index contributed by atoms with van der Waals surface area (Å²) < 4.78 is 11.4. The first-order valence-corrected chi connectivity index (χ1v) is 8.24. The molecule has 26 heavy (non-hydrogen) atoms. The molecule has 0 bridgehead atoms. The lowest BCUT2D eigenvalue weighted by Gasteiger charge is -2.19. The van der Waals surface area contributed by atoms with Gasteiger partial charge in [-0.15, -0.1) is 0 Å². The number of hydrogen-bond donors (Lipinski definition) is 1. The van der Waals surface area contributed by atoms with Gasteiger partial charge in [0.1, 0.15) is 11.5 Å². The minimum absolute atomic E-state index is 0.468. The number of carbonyl (C=O) groups is 1. The van der Waals surface area contributed by atoms with E-state index in [4.69, 9.17) is 9.47 Å². The van der Waals surface area contributed by atoms with E-state index in [0.717, 1.165) is 21.5 Å². The van der Waals surface area contributed by atoms with Gasteiger partial charge in [-0.3, -0.25) is 0 Å². The third kappa shape index (κ3) is 3.05. The van der Waals surface area contributed by atoms with Crippen LogP contribution in [0.25, 0.3) is 21.5 Å². The van der Waals surface area contributed by atoms with Crippen LogP contribution in [-0.2, 0) is 4.79 Å². The molecule has 0 aromatic heterocycles. The van der Waals surface area contributed by atoms with Crippen LogP contribution in [0.1, 0.15) is 0 Å². The molecule has 0 aliphatic carbocycles. The number of rotatable bonds is 5. The third-order valence-corrected chi connectivity index (χ3v) is 4.17. The maximum Gasteiger partial charge on any atom is 0.387 e. The molecule has 0 saturated carbocycles. The Morgan fingerprint density at radius 2 is 1.08 bits per heavy atom. The molecule has 0 spiro atoms. The number of aliphatic carboxylic acids is 1. The molecule has 0 amide bonds. The molecular formula is C22H16O4. The van der Waals surface area contributed by atoms with Crippen LogP contribution in [0.5, 0.6) is 11.5 Å². The van der Waals surface area contributed by atoms with Crippen LogP contribution < -0.4 is 9.47 Å². The Hall–Kier alpha value is -3.53. The van der Waals surface area contributed by atoms with E-state index in [2.05, 4.69) is 0 Å². The van der Waals surface area contributed by atoms with Crippen LogP contribution in [0.2, 0.25) is 0 Å². The SMILES string of the molecule is O=C(O)C(Oc1cccc2ccccc12)Oc1cccc2ccccc12. The van der Waals surface area contributed by atoms with Gasteiger partial charge in [-0.1, -0.05) is 72.8 Å².